The molecule has 3 heteroatoms. The summed E-state index contributed by atoms with van der Waals surface area (Å²) in [6.07, 6.45) is 0.595. The first-order chi connectivity index (χ1) is 6.61. The third-order valence-electron chi connectivity index (χ3n) is 2.23. The van der Waals surface area contributed by atoms with Gasteiger partial charge in [-0.05, 0) is 26.6 Å². The van der Waals surface area contributed by atoms with Crippen LogP contribution in [0, 0.1) is 6.92 Å². The number of ketones is 1. The minimum atomic E-state index is 0. The molecule has 0 unspecified atom stereocenters. The monoisotopic (exact) mass is 227 g/mol. The summed E-state index contributed by atoms with van der Waals surface area (Å²) < 4.78 is 0. The molecule has 0 heterocycles. The highest BCUT2D eigenvalue weighted by atomic mass is 35.5. The highest BCUT2D eigenvalue weighted by Crippen LogP contribution is 2.09. The summed E-state index contributed by atoms with van der Waals surface area (Å²) in [6.45, 7) is 2.79. The Kier molecular flexibility index (Phi) is 6.21. The fourth-order valence-electron chi connectivity index (χ4n) is 1.35. The van der Waals surface area contributed by atoms with E-state index in [9.17, 15) is 4.79 Å². The number of hydrogen-bond acceptors (Lipinski definition) is 2. The summed E-state index contributed by atoms with van der Waals surface area (Å²) in [6, 6.07) is 7.74. The molecule has 0 atom stereocenters. The molecule has 1 rings (SSSR count). The maximum absolute atomic E-state index is 11.7. The van der Waals surface area contributed by atoms with Crippen LogP contribution in [0.3, 0.4) is 0 Å². The lowest BCUT2D eigenvalue weighted by Gasteiger charge is -2.09. The van der Waals surface area contributed by atoms with Crippen LogP contribution in [-0.4, -0.2) is 31.3 Å². The van der Waals surface area contributed by atoms with E-state index in [-0.39, 0.29) is 18.2 Å². The van der Waals surface area contributed by atoms with Gasteiger partial charge < -0.3 is 4.90 Å². The second-order valence-corrected chi connectivity index (χ2v) is 3.79. The lowest BCUT2D eigenvalue weighted by atomic mass is 10.0. The van der Waals surface area contributed by atoms with Gasteiger partial charge in [-0.1, -0.05) is 24.3 Å². The standard InChI is InChI=1S/C12H17NO.ClH/c1-10-6-4-5-7-11(10)12(14)8-9-13(2)3;/h4-7H,8-9H2,1-3H3;1H. The molecule has 0 spiro atoms. The number of benzene rings is 1. The van der Waals surface area contributed by atoms with Crippen LogP contribution < -0.4 is 0 Å². The van der Waals surface area contributed by atoms with Crippen molar-refractivity contribution < 1.29 is 4.79 Å². The summed E-state index contributed by atoms with van der Waals surface area (Å²) >= 11 is 0. The smallest absolute Gasteiger partial charge is 0.164 e. The van der Waals surface area contributed by atoms with Crippen LogP contribution in [0.2, 0.25) is 0 Å². The first kappa shape index (κ1) is 14.1. The van der Waals surface area contributed by atoms with Gasteiger partial charge in [0.05, 0.1) is 0 Å². The molecule has 0 amide bonds. The zero-order valence-electron chi connectivity index (χ0n) is 9.49. The quantitative estimate of drug-likeness (QED) is 0.737. The average molecular weight is 228 g/mol. The Labute approximate surface area is 97.7 Å². The van der Waals surface area contributed by atoms with Gasteiger partial charge in [0.25, 0.3) is 0 Å². The molecular weight excluding hydrogens is 210 g/mol. The van der Waals surface area contributed by atoms with E-state index in [4.69, 9.17) is 0 Å². The molecule has 1 aromatic rings. The third-order valence-corrected chi connectivity index (χ3v) is 2.23. The third kappa shape index (κ3) is 4.45. The van der Waals surface area contributed by atoms with E-state index in [0.29, 0.717) is 6.42 Å². The Morgan fingerprint density at radius 2 is 1.87 bits per heavy atom. The maximum atomic E-state index is 11.7. The Bertz CT molecular complexity index is 323. The van der Waals surface area contributed by atoms with Crippen LogP contribution in [0.5, 0.6) is 0 Å². The van der Waals surface area contributed by atoms with Gasteiger partial charge in [-0.3, -0.25) is 4.79 Å². The maximum Gasteiger partial charge on any atom is 0.164 e. The van der Waals surface area contributed by atoms with E-state index in [2.05, 4.69) is 0 Å². The molecule has 15 heavy (non-hydrogen) atoms. The van der Waals surface area contributed by atoms with Crippen LogP contribution in [0.1, 0.15) is 22.3 Å². The van der Waals surface area contributed by atoms with Gasteiger partial charge >= 0.3 is 0 Å². The second-order valence-electron chi connectivity index (χ2n) is 3.79. The average Bonchev–Trinajstić information content (AvgIpc) is 2.15. The number of Topliss-reactive ketones (excluding diaryl/α,β-unsaturated/α-hetero) is 1. The molecule has 0 fully saturated rings. The topological polar surface area (TPSA) is 20.3 Å². The fraction of sp³-hybridized carbons (Fsp3) is 0.417. The molecule has 0 aromatic heterocycles. The molecule has 0 N–H and O–H groups in total. The SMILES string of the molecule is Cc1ccccc1C(=O)CCN(C)C.Cl. The van der Waals surface area contributed by atoms with Crippen molar-refractivity contribution >= 4 is 18.2 Å². The normalized spacial score (nSPS) is 9.87. The van der Waals surface area contributed by atoms with Crippen molar-refractivity contribution in [3.63, 3.8) is 0 Å². The molecule has 0 saturated carbocycles. The largest absolute Gasteiger partial charge is 0.309 e. The van der Waals surface area contributed by atoms with Crippen molar-refractivity contribution in [1.82, 2.24) is 4.90 Å². The van der Waals surface area contributed by atoms with Gasteiger partial charge in [-0.2, -0.15) is 0 Å². The van der Waals surface area contributed by atoms with Gasteiger partial charge in [-0.15, -0.1) is 12.4 Å². The molecule has 0 bridgehead atoms. The molecule has 2 nitrogen and oxygen atoms in total. The van der Waals surface area contributed by atoms with Crippen molar-refractivity contribution in [3.8, 4) is 0 Å². The van der Waals surface area contributed by atoms with E-state index in [0.717, 1.165) is 17.7 Å². The Balaban J connectivity index is 0.00000196. The molecule has 1 aromatic carbocycles. The molecule has 0 radical (unpaired) electrons. The van der Waals surface area contributed by atoms with Crippen molar-refractivity contribution in [1.29, 1.82) is 0 Å². The summed E-state index contributed by atoms with van der Waals surface area (Å²) in [5.41, 5.74) is 1.92. The first-order valence-electron chi connectivity index (χ1n) is 4.85. The minimum absolute atomic E-state index is 0. The molecule has 0 aliphatic rings. The van der Waals surface area contributed by atoms with Gasteiger partial charge in [0.2, 0.25) is 0 Å². The summed E-state index contributed by atoms with van der Waals surface area (Å²) in [4.78, 5) is 13.8. The summed E-state index contributed by atoms with van der Waals surface area (Å²) in [7, 11) is 3.95. The van der Waals surface area contributed by atoms with Gasteiger partial charge in [0, 0.05) is 18.5 Å². The number of hydrogen-bond donors (Lipinski definition) is 0. The van der Waals surface area contributed by atoms with Crippen LogP contribution in [0.4, 0.5) is 0 Å². The first-order valence-corrected chi connectivity index (χ1v) is 4.85. The Hall–Kier alpha value is -0.860. The second kappa shape index (κ2) is 6.59. The lowest BCUT2D eigenvalue weighted by Crippen LogP contribution is -2.17. The molecular formula is C12H18ClNO. The van der Waals surface area contributed by atoms with E-state index in [1.54, 1.807) is 0 Å². The van der Waals surface area contributed by atoms with Gasteiger partial charge in [0.1, 0.15) is 0 Å². The molecule has 0 aliphatic carbocycles. The number of carbonyl (C=O) groups excluding carboxylic acids is 1. The van der Waals surface area contributed by atoms with E-state index in [1.165, 1.54) is 0 Å². The van der Waals surface area contributed by atoms with Crippen molar-refractivity contribution in [3.05, 3.63) is 35.4 Å². The number of carbonyl (C=O) groups is 1. The predicted octanol–water partition coefficient (Wildman–Crippen LogP) is 2.55. The van der Waals surface area contributed by atoms with Crippen LogP contribution in [0.25, 0.3) is 0 Å². The van der Waals surface area contributed by atoms with Crippen LogP contribution in [0.15, 0.2) is 24.3 Å². The van der Waals surface area contributed by atoms with E-state index < -0.39 is 0 Å². The van der Waals surface area contributed by atoms with E-state index in [1.807, 2.05) is 50.2 Å². The van der Waals surface area contributed by atoms with Crippen molar-refractivity contribution in [2.75, 3.05) is 20.6 Å². The number of halogens is 1. The number of nitrogens with zero attached hydrogens (tertiary/aromatic N) is 1. The van der Waals surface area contributed by atoms with E-state index >= 15 is 0 Å². The van der Waals surface area contributed by atoms with Crippen molar-refractivity contribution in [2.24, 2.45) is 0 Å². The zero-order chi connectivity index (χ0) is 10.6. The van der Waals surface area contributed by atoms with Gasteiger partial charge in [-0.25, -0.2) is 0 Å². The van der Waals surface area contributed by atoms with Crippen LogP contribution in [-0.2, 0) is 0 Å². The predicted molar refractivity (Wildman–Crippen MR) is 65.9 cm³/mol. The number of rotatable bonds is 4. The molecule has 84 valence electrons. The zero-order valence-corrected chi connectivity index (χ0v) is 10.3. The number of aryl methyl sites for hydroxylation is 1. The minimum Gasteiger partial charge on any atom is -0.309 e. The Morgan fingerprint density at radius 1 is 1.27 bits per heavy atom. The Morgan fingerprint density at radius 3 is 2.40 bits per heavy atom. The highest BCUT2D eigenvalue weighted by molar-refractivity contribution is 5.97. The van der Waals surface area contributed by atoms with Crippen LogP contribution >= 0.6 is 12.4 Å². The molecule has 0 saturated heterocycles. The van der Waals surface area contributed by atoms with Gasteiger partial charge in [0.15, 0.2) is 5.78 Å². The fourth-order valence-corrected chi connectivity index (χ4v) is 1.35. The van der Waals surface area contributed by atoms with Crippen molar-refractivity contribution in [2.45, 2.75) is 13.3 Å². The molecule has 0 aliphatic heterocycles. The summed E-state index contributed by atoms with van der Waals surface area (Å²) in [5.74, 6) is 0.233. The lowest BCUT2D eigenvalue weighted by molar-refractivity contribution is 0.0972. The highest BCUT2D eigenvalue weighted by Gasteiger charge is 2.07. The summed E-state index contributed by atoms with van der Waals surface area (Å²) in [5, 5.41) is 0.